The highest BCUT2D eigenvalue weighted by Crippen LogP contribution is 2.37. The third-order valence-corrected chi connectivity index (χ3v) is 7.57. The second-order valence-corrected chi connectivity index (χ2v) is 10.2. The van der Waals surface area contributed by atoms with Gasteiger partial charge in [-0.05, 0) is 53.3 Å². The lowest BCUT2D eigenvalue weighted by molar-refractivity contribution is -0.276. The Labute approximate surface area is 213 Å². The summed E-state index contributed by atoms with van der Waals surface area (Å²) in [5.74, 6) is -3.78. The standard InChI is InChI=1S/C30H32F6O/c1-2-3-4-5-19-6-8-20(9-7-19)10-11-21-12-14-24-22(16-21)13-15-25(28(24)33)23-17-26(31)29(27(32)18-23)37-30(34,35)36/h12-20H,2-11H2,1H3. The molecule has 1 nitrogen and oxygen atoms in total. The van der Waals surface area contributed by atoms with Gasteiger partial charge in [0.2, 0.25) is 5.75 Å². The second kappa shape index (κ2) is 11.8. The molecule has 0 bridgehead atoms. The molecule has 3 aromatic rings. The average molecular weight is 523 g/mol. The summed E-state index contributed by atoms with van der Waals surface area (Å²) in [6, 6.07) is 9.78. The first-order valence-corrected chi connectivity index (χ1v) is 13.1. The first-order valence-electron chi connectivity index (χ1n) is 13.1. The normalized spacial score (nSPS) is 18.4. The fourth-order valence-corrected chi connectivity index (χ4v) is 5.51. The van der Waals surface area contributed by atoms with Crippen LogP contribution in [0.5, 0.6) is 5.75 Å². The van der Waals surface area contributed by atoms with Crippen LogP contribution < -0.4 is 4.74 Å². The molecule has 0 unspecified atom stereocenters. The van der Waals surface area contributed by atoms with Crippen LogP contribution in [0.4, 0.5) is 26.3 Å². The zero-order valence-corrected chi connectivity index (χ0v) is 20.9. The lowest BCUT2D eigenvalue weighted by Crippen LogP contribution is -2.19. The number of rotatable bonds is 9. The van der Waals surface area contributed by atoms with E-state index in [-0.39, 0.29) is 16.5 Å². The van der Waals surface area contributed by atoms with Crippen molar-refractivity contribution in [1.29, 1.82) is 0 Å². The van der Waals surface area contributed by atoms with Crippen LogP contribution in [0.15, 0.2) is 42.5 Å². The maximum Gasteiger partial charge on any atom is 0.573 e. The number of ether oxygens (including phenoxy) is 1. The van der Waals surface area contributed by atoms with Crippen molar-refractivity contribution in [2.45, 2.75) is 77.5 Å². The van der Waals surface area contributed by atoms with E-state index in [1.165, 1.54) is 57.4 Å². The highest BCUT2D eigenvalue weighted by Gasteiger charge is 2.34. The van der Waals surface area contributed by atoms with Crippen LogP contribution in [0.25, 0.3) is 21.9 Å². The van der Waals surface area contributed by atoms with Crippen molar-refractivity contribution < 1.29 is 31.1 Å². The molecule has 0 aliphatic heterocycles. The minimum absolute atomic E-state index is 0.104. The molecule has 0 heterocycles. The minimum Gasteiger partial charge on any atom is -0.399 e. The molecular formula is C30H32F6O. The monoisotopic (exact) mass is 522 g/mol. The average Bonchev–Trinajstić information content (AvgIpc) is 2.85. The van der Waals surface area contributed by atoms with Gasteiger partial charge in [-0.1, -0.05) is 88.6 Å². The first kappa shape index (κ1) is 27.3. The van der Waals surface area contributed by atoms with Gasteiger partial charge in [-0.2, -0.15) is 0 Å². The summed E-state index contributed by atoms with van der Waals surface area (Å²) in [6.45, 7) is 2.23. The van der Waals surface area contributed by atoms with Crippen molar-refractivity contribution in [1.82, 2.24) is 0 Å². The van der Waals surface area contributed by atoms with E-state index in [1.807, 2.05) is 12.1 Å². The van der Waals surface area contributed by atoms with E-state index in [1.54, 1.807) is 12.1 Å². The summed E-state index contributed by atoms with van der Waals surface area (Å²) in [5.41, 5.74) is 0.793. The van der Waals surface area contributed by atoms with E-state index in [2.05, 4.69) is 11.7 Å². The Hall–Kier alpha value is -2.70. The van der Waals surface area contributed by atoms with Crippen LogP contribution >= 0.6 is 0 Å². The quantitative estimate of drug-likeness (QED) is 0.201. The fourth-order valence-electron chi connectivity index (χ4n) is 5.51. The summed E-state index contributed by atoms with van der Waals surface area (Å²) < 4.78 is 84.3. The third-order valence-electron chi connectivity index (χ3n) is 7.57. The van der Waals surface area contributed by atoms with E-state index in [9.17, 15) is 22.0 Å². The van der Waals surface area contributed by atoms with Gasteiger partial charge in [0, 0.05) is 10.9 Å². The summed E-state index contributed by atoms with van der Waals surface area (Å²) in [7, 11) is 0. The van der Waals surface area contributed by atoms with Crippen molar-refractivity contribution in [2.75, 3.05) is 0 Å². The summed E-state index contributed by atoms with van der Waals surface area (Å²) >= 11 is 0. The Balaban J connectivity index is 1.43. The third kappa shape index (κ3) is 6.99. The topological polar surface area (TPSA) is 9.23 Å². The van der Waals surface area contributed by atoms with Gasteiger partial charge >= 0.3 is 6.36 Å². The number of aryl methyl sites for hydroxylation is 1. The predicted molar refractivity (Wildman–Crippen MR) is 134 cm³/mol. The van der Waals surface area contributed by atoms with E-state index < -0.39 is 29.6 Å². The molecule has 1 saturated carbocycles. The highest BCUT2D eigenvalue weighted by atomic mass is 19.4. The lowest BCUT2D eigenvalue weighted by atomic mass is 9.77. The minimum atomic E-state index is -5.25. The number of hydrogen-bond donors (Lipinski definition) is 0. The largest absolute Gasteiger partial charge is 0.573 e. The molecule has 1 aliphatic carbocycles. The van der Waals surface area contributed by atoms with Gasteiger partial charge in [-0.25, -0.2) is 13.2 Å². The number of unbranched alkanes of at least 4 members (excludes halogenated alkanes) is 2. The van der Waals surface area contributed by atoms with Crippen LogP contribution in [0.3, 0.4) is 0 Å². The zero-order chi connectivity index (χ0) is 26.6. The summed E-state index contributed by atoms with van der Waals surface area (Å²) in [6.07, 6.45) is 7.17. The van der Waals surface area contributed by atoms with Gasteiger partial charge in [0.05, 0.1) is 0 Å². The number of halogens is 6. The highest BCUT2D eigenvalue weighted by molar-refractivity contribution is 5.88. The zero-order valence-electron chi connectivity index (χ0n) is 20.9. The number of fused-ring (bicyclic) bond motifs is 1. The first-order chi connectivity index (χ1) is 17.6. The molecule has 0 aromatic heterocycles. The van der Waals surface area contributed by atoms with E-state index in [0.717, 1.165) is 24.3 Å². The van der Waals surface area contributed by atoms with Crippen molar-refractivity contribution in [3.8, 4) is 16.9 Å². The molecule has 200 valence electrons. The van der Waals surface area contributed by atoms with E-state index >= 15 is 4.39 Å². The molecule has 0 spiro atoms. The number of benzene rings is 3. The molecule has 0 N–H and O–H groups in total. The maximum absolute atomic E-state index is 15.3. The maximum atomic E-state index is 15.3. The van der Waals surface area contributed by atoms with Crippen molar-refractivity contribution in [3.05, 3.63) is 65.5 Å². The van der Waals surface area contributed by atoms with Crippen LogP contribution in [0.2, 0.25) is 0 Å². The molecule has 7 heteroatoms. The summed E-state index contributed by atoms with van der Waals surface area (Å²) in [4.78, 5) is 0. The Morgan fingerprint density at radius 2 is 1.46 bits per heavy atom. The van der Waals surface area contributed by atoms with Crippen LogP contribution in [-0.2, 0) is 6.42 Å². The van der Waals surface area contributed by atoms with Crippen LogP contribution in [0, 0.1) is 29.3 Å². The van der Waals surface area contributed by atoms with Gasteiger partial charge in [-0.3, -0.25) is 0 Å². The molecule has 0 radical (unpaired) electrons. The second-order valence-electron chi connectivity index (χ2n) is 10.2. The van der Waals surface area contributed by atoms with Gasteiger partial charge < -0.3 is 4.74 Å². The van der Waals surface area contributed by atoms with Crippen molar-refractivity contribution >= 4 is 10.8 Å². The molecule has 0 saturated heterocycles. The van der Waals surface area contributed by atoms with Crippen molar-refractivity contribution in [2.24, 2.45) is 11.8 Å². The molecule has 1 fully saturated rings. The molecule has 1 aliphatic rings. The Kier molecular flexibility index (Phi) is 8.71. The van der Waals surface area contributed by atoms with E-state index in [4.69, 9.17) is 0 Å². The molecule has 0 atom stereocenters. The molecule has 37 heavy (non-hydrogen) atoms. The Morgan fingerprint density at radius 3 is 2.08 bits per heavy atom. The smallest absolute Gasteiger partial charge is 0.399 e. The van der Waals surface area contributed by atoms with Gasteiger partial charge in [0.1, 0.15) is 5.82 Å². The van der Waals surface area contributed by atoms with Crippen LogP contribution in [-0.4, -0.2) is 6.36 Å². The summed E-state index contributed by atoms with van der Waals surface area (Å²) in [5, 5.41) is 0.946. The van der Waals surface area contributed by atoms with E-state index in [0.29, 0.717) is 23.4 Å². The molecule has 4 rings (SSSR count). The van der Waals surface area contributed by atoms with Gasteiger partial charge in [0.25, 0.3) is 0 Å². The molecular weight excluding hydrogens is 490 g/mol. The number of alkyl halides is 3. The lowest BCUT2D eigenvalue weighted by Gasteiger charge is -2.28. The van der Waals surface area contributed by atoms with Crippen LogP contribution in [0.1, 0.15) is 70.3 Å². The van der Waals surface area contributed by atoms with Gasteiger partial charge in [-0.15, -0.1) is 13.2 Å². The fraction of sp³-hybridized carbons (Fsp3) is 0.467. The van der Waals surface area contributed by atoms with Crippen molar-refractivity contribution in [3.63, 3.8) is 0 Å². The predicted octanol–water partition coefficient (Wildman–Crippen LogP) is 10.1. The SMILES string of the molecule is CCCCCC1CCC(CCc2ccc3c(F)c(-c4cc(F)c(OC(F)(F)F)c(F)c4)ccc3c2)CC1. The Bertz CT molecular complexity index is 1190. The molecule has 3 aromatic carbocycles. The number of hydrogen-bond acceptors (Lipinski definition) is 1. The Morgan fingerprint density at radius 1 is 0.811 bits per heavy atom. The van der Waals surface area contributed by atoms with Gasteiger partial charge in [0.15, 0.2) is 11.6 Å². The molecule has 0 amide bonds.